The molecule has 0 heterocycles. The van der Waals surface area contributed by atoms with Gasteiger partial charge in [0.25, 0.3) is 5.91 Å². The van der Waals surface area contributed by atoms with E-state index in [9.17, 15) is 4.79 Å². The van der Waals surface area contributed by atoms with Gasteiger partial charge in [0, 0.05) is 0 Å². The first-order chi connectivity index (χ1) is 11.5. The number of hydrogen-bond acceptors (Lipinski definition) is 4. The van der Waals surface area contributed by atoms with E-state index < -0.39 is 5.54 Å². The van der Waals surface area contributed by atoms with Gasteiger partial charge < -0.3 is 19.5 Å². The van der Waals surface area contributed by atoms with Crippen molar-refractivity contribution in [3.63, 3.8) is 0 Å². The highest BCUT2D eigenvalue weighted by atomic mass is 16.5. The Morgan fingerprint density at radius 3 is 2.17 bits per heavy atom. The van der Waals surface area contributed by atoms with E-state index in [0.717, 1.165) is 11.3 Å². The predicted octanol–water partition coefficient (Wildman–Crippen LogP) is 3.13. The van der Waals surface area contributed by atoms with Crippen LogP contribution in [0.4, 0.5) is 0 Å². The van der Waals surface area contributed by atoms with Crippen LogP contribution in [0, 0.1) is 0 Å². The average Bonchev–Trinajstić information content (AvgIpc) is 2.60. The normalized spacial score (nSPS) is 10.8. The molecule has 24 heavy (non-hydrogen) atoms. The number of carbonyl (C=O) groups excluding carboxylic acids is 1. The molecule has 1 amide bonds. The zero-order chi connectivity index (χ0) is 17.6. The molecule has 0 aliphatic carbocycles. The van der Waals surface area contributed by atoms with Crippen LogP contribution in [0.2, 0.25) is 0 Å². The molecular formula is C19H23NO4. The fraction of sp³-hybridized carbons (Fsp3) is 0.316. The zero-order valence-electron chi connectivity index (χ0n) is 14.5. The SMILES string of the molecule is COc1ccc(C(C)(C)NC(=O)COc2ccccc2OC)cc1. The number of carbonyl (C=O) groups is 1. The summed E-state index contributed by atoms with van der Waals surface area (Å²) in [6.45, 7) is 3.80. The van der Waals surface area contributed by atoms with Crippen molar-refractivity contribution in [2.24, 2.45) is 0 Å². The summed E-state index contributed by atoms with van der Waals surface area (Å²) in [5.74, 6) is 1.71. The fourth-order valence-electron chi connectivity index (χ4n) is 2.35. The molecule has 5 nitrogen and oxygen atoms in total. The van der Waals surface area contributed by atoms with E-state index in [4.69, 9.17) is 14.2 Å². The van der Waals surface area contributed by atoms with Crippen LogP contribution in [0.5, 0.6) is 17.2 Å². The van der Waals surface area contributed by atoms with Crippen molar-refractivity contribution in [1.82, 2.24) is 5.32 Å². The summed E-state index contributed by atoms with van der Waals surface area (Å²) in [4.78, 5) is 12.2. The maximum atomic E-state index is 12.2. The topological polar surface area (TPSA) is 56.8 Å². The first kappa shape index (κ1) is 17.7. The molecule has 0 bridgehead atoms. The second kappa shape index (κ2) is 7.73. The van der Waals surface area contributed by atoms with E-state index in [1.54, 1.807) is 26.4 Å². The summed E-state index contributed by atoms with van der Waals surface area (Å²) >= 11 is 0. The quantitative estimate of drug-likeness (QED) is 0.848. The van der Waals surface area contributed by atoms with Crippen LogP contribution in [-0.4, -0.2) is 26.7 Å². The molecule has 0 spiro atoms. The third kappa shape index (κ3) is 4.41. The Balaban J connectivity index is 1.97. The van der Waals surface area contributed by atoms with E-state index in [0.29, 0.717) is 11.5 Å². The molecule has 1 N–H and O–H groups in total. The lowest BCUT2D eigenvalue weighted by Gasteiger charge is -2.27. The van der Waals surface area contributed by atoms with E-state index in [-0.39, 0.29) is 12.5 Å². The fourth-order valence-corrected chi connectivity index (χ4v) is 2.35. The standard InChI is InChI=1S/C19H23NO4/c1-19(2,14-9-11-15(22-3)12-10-14)20-18(21)13-24-17-8-6-5-7-16(17)23-4/h5-12H,13H2,1-4H3,(H,20,21). The number of para-hydroxylation sites is 2. The third-order valence-electron chi connectivity index (χ3n) is 3.69. The number of benzene rings is 2. The van der Waals surface area contributed by atoms with Gasteiger partial charge >= 0.3 is 0 Å². The molecular weight excluding hydrogens is 306 g/mol. The summed E-state index contributed by atoms with van der Waals surface area (Å²) < 4.78 is 15.9. The highest BCUT2D eigenvalue weighted by Gasteiger charge is 2.23. The molecule has 2 aromatic carbocycles. The minimum absolute atomic E-state index is 0.0834. The van der Waals surface area contributed by atoms with Crippen LogP contribution in [0.3, 0.4) is 0 Å². The molecule has 0 aliphatic heterocycles. The number of ether oxygens (including phenoxy) is 3. The molecule has 0 unspecified atom stereocenters. The number of hydrogen-bond donors (Lipinski definition) is 1. The maximum Gasteiger partial charge on any atom is 0.258 e. The Hall–Kier alpha value is -2.69. The van der Waals surface area contributed by atoms with Gasteiger partial charge in [-0.2, -0.15) is 0 Å². The van der Waals surface area contributed by atoms with E-state index in [2.05, 4.69) is 5.32 Å². The molecule has 128 valence electrons. The Morgan fingerprint density at radius 1 is 0.958 bits per heavy atom. The van der Waals surface area contributed by atoms with Crippen LogP contribution in [0.1, 0.15) is 19.4 Å². The van der Waals surface area contributed by atoms with Gasteiger partial charge in [0.2, 0.25) is 0 Å². The second-order valence-electron chi connectivity index (χ2n) is 5.84. The molecule has 2 aromatic rings. The van der Waals surface area contributed by atoms with Crippen LogP contribution in [-0.2, 0) is 10.3 Å². The highest BCUT2D eigenvalue weighted by molar-refractivity contribution is 5.78. The Bertz CT molecular complexity index is 680. The Labute approximate surface area is 142 Å². The van der Waals surface area contributed by atoms with Crippen molar-refractivity contribution in [2.75, 3.05) is 20.8 Å². The first-order valence-corrected chi connectivity index (χ1v) is 7.67. The average molecular weight is 329 g/mol. The molecule has 0 atom stereocenters. The molecule has 2 rings (SSSR count). The molecule has 0 radical (unpaired) electrons. The van der Waals surface area contributed by atoms with Crippen molar-refractivity contribution in [2.45, 2.75) is 19.4 Å². The third-order valence-corrected chi connectivity index (χ3v) is 3.69. The number of rotatable bonds is 7. The van der Waals surface area contributed by atoms with Crippen LogP contribution in [0.15, 0.2) is 48.5 Å². The van der Waals surface area contributed by atoms with Crippen molar-refractivity contribution >= 4 is 5.91 Å². The molecule has 0 saturated heterocycles. The number of amides is 1. The lowest BCUT2D eigenvalue weighted by molar-refractivity contribution is -0.124. The molecule has 5 heteroatoms. The van der Waals surface area contributed by atoms with E-state index >= 15 is 0 Å². The van der Waals surface area contributed by atoms with Crippen molar-refractivity contribution in [3.8, 4) is 17.2 Å². The van der Waals surface area contributed by atoms with Gasteiger partial charge in [-0.05, 0) is 43.7 Å². The molecule has 0 fully saturated rings. The van der Waals surface area contributed by atoms with Gasteiger partial charge in [0.1, 0.15) is 5.75 Å². The van der Waals surface area contributed by atoms with E-state index in [1.165, 1.54) is 0 Å². The van der Waals surface area contributed by atoms with Crippen LogP contribution < -0.4 is 19.5 Å². The molecule has 0 aromatic heterocycles. The minimum Gasteiger partial charge on any atom is -0.497 e. The number of nitrogens with one attached hydrogen (secondary N) is 1. The van der Waals surface area contributed by atoms with Crippen molar-refractivity contribution in [3.05, 3.63) is 54.1 Å². The highest BCUT2D eigenvalue weighted by Crippen LogP contribution is 2.26. The van der Waals surface area contributed by atoms with Crippen molar-refractivity contribution in [1.29, 1.82) is 0 Å². The molecule has 0 aliphatic rings. The van der Waals surface area contributed by atoms with E-state index in [1.807, 2.05) is 50.2 Å². The summed E-state index contributed by atoms with van der Waals surface area (Å²) in [5.41, 5.74) is 0.460. The second-order valence-corrected chi connectivity index (χ2v) is 5.84. The Kier molecular flexibility index (Phi) is 5.68. The zero-order valence-corrected chi connectivity index (χ0v) is 14.5. The summed E-state index contributed by atoms with van der Waals surface area (Å²) in [6, 6.07) is 14.8. The lowest BCUT2D eigenvalue weighted by Crippen LogP contribution is -2.43. The van der Waals surface area contributed by atoms with Gasteiger partial charge in [-0.1, -0.05) is 24.3 Å². The smallest absolute Gasteiger partial charge is 0.258 e. The minimum atomic E-state index is -0.520. The van der Waals surface area contributed by atoms with Gasteiger partial charge in [-0.15, -0.1) is 0 Å². The largest absolute Gasteiger partial charge is 0.497 e. The van der Waals surface area contributed by atoms with Crippen LogP contribution in [0.25, 0.3) is 0 Å². The van der Waals surface area contributed by atoms with Gasteiger partial charge in [0.05, 0.1) is 19.8 Å². The maximum absolute atomic E-state index is 12.2. The summed E-state index contributed by atoms with van der Waals surface area (Å²) in [6.07, 6.45) is 0. The Morgan fingerprint density at radius 2 is 1.58 bits per heavy atom. The first-order valence-electron chi connectivity index (χ1n) is 7.67. The van der Waals surface area contributed by atoms with Gasteiger partial charge in [-0.3, -0.25) is 4.79 Å². The summed E-state index contributed by atoms with van der Waals surface area (Å²) in [7, 11) is 3.19. The van der Waals surface area contributed by atoms with Gasteiger partial charge in [-0.25, -0.2) is 0 Å². The van der Waals surface area contributed by atoms with Gasteiger partial charge in [0.15, 0.2) is 18.1 Å². The lowest BCUT2D eigenvalue weighted by atomic mass is 9.94. The monoisotopic (exact) mass is 329 g/mol. The van der Waals surface area contributed by atoms with Crippen molar-refractivity contribution < 1.29 is 19.0 Å². The molecule has 0 saturated carbocycles. The predicted molar refractivity (Wildman–Crippen MR) is 92.7 cm³/mol. The number of methoxy groups -OCH3 is 2. The van der Waals surface area contributed by atoms with Crippen LogP contribution >= 0.6 is 0 Å². The summed E-state index contributed by atoms with van der Waals surface area (Å²) in [5, 5.41) is 2.97.